The van der Waals surface area contributed by atoms with Gasteiger partial charge in [-0.05, 0) is 29.2 Å². The van der Waals surface area contributed by atoms with Gasteiger partial charge in [0.2, 0.25) is 0 Å². The number of ether oxygens (including phenoxy) is 2. The number of hydrogen-bond acceptors (Lipinski definition) is 7. The number of thiazole rings is 1. The largest absolute Gasteiger partial charge is 0.461 e. The first-order valence-corrected chi connectivity index (χ1v) is 10.9. The topological polar surface area (TPSA) is 104 Å². The van der Waals surface area contributed by atoms with Gasteiger partial charge in [0.15, 0.2) is 10.8 Å². The van der Waals surface area contributed by atoms with Gasteiger partial charge in [0.25, 0.3) is 0 Å². The Balaban J connectivity index is 1.35. The third kappa shape index (κ3) is 4.43. The molecule has 1 aliphatic rings. The van der Waals surface area contributed by atoms with Crippen LogP contribution in [-0.2, 0) is 9.47 Å². The highest BCUT2D eigenvalue weighted by Crippen LogP contribution is 2.44. The molecule has 1 amide bonds. The molecule has 0 aliphatic heterocycles. The highest BCUT2D eigenvalue weighted by atomic mass is 32.1. The molecule has 3 N–H and O–H groups in total. The first-order chi connectivity index (χ1) is 15.6. The Labute approximate surface area is 189 Å². The molecule has 1 aliphatic carbocycles. The number of aromatic nitrogens is 1. The molecular weight excluding hydrogens is 426 g/mol. The monoisotopic (exact) mass is 447 g/mol. The van der Waals surface area contributed by atoms with E-state index in [1.165, 1.54) is 11.1 Å². The number of nitrogens with two attached hydrogens (primary N) is 1. The second-order valence-corrected chi connectivity index (χ2v) is 7.96. The lowest BCUT2D eigenvalue weighted by Crippen LogP contribution is -2.26. The standard InChI is InChI=1S/C24H21N3O4S/c1-2-30-22(28)21-20(32-23(25)27-21)12-7-13-26-24(29)31-14-19-17-10-5-3-8-15(17)16-9-4-6-11-18(16)19/h3-6,8-11,19H,2,13-14H2,1H3,(H2,25,27)(H,26,29). The van der Waals surface area contributed by atoms with Crippen LogP contribution in [0, 0.1) is 11.8 Å². The highest BCUT2D eigenvalue weighted by molar-refractivity contribution is 7.16. The van der Waals surface area contributed by atoms with Crippen molar-refractivity contribution in [3.05, 3.63) is 70.2 Å². The lowest BCUT2D eigenvalue weighted by molar-refractivity contribution is 0.0520. The molecule has 0 spiro atoms. The lowest BCUT2D eigenvalue weighted by atomic mass is 9.98. The molecule has 3 aromatic rings. The number of alkyl carbamates (subject to hydrolysis) is 1. The summed E-state index contributed by atoms with van der Waals surface area (Å²) >= 11 is 1.09. The molecule has 162 valence electrons. The third-order valence-corrected chi connectivity index (χ3v) is 5.78. The molecule has 0 fully saturated rings. The number of carbonyl (C=O) groups is 2. The molecule has 4 rings (SSSR count). The van der Waals surface area contributed by atoms with Crippen LogP contribution < -0.4 is 11.1 Å². The minimum atomic E-state index is -0.575. The van der Waals surface area contributed by atoms with E-state index in [0.29, 0.717) is 4.88 Å². The van der Waals surface area contributed by atoms with Crippen molar-refractivity contribution in [1.82, 2.24) is 10.3 Å². The molecule has 0 unspecified atom stereocenters. The van der Waals surface area contributed by atoms with Crippen LogP contribution in [0.2, 0.25) is 0 Å². The van der Waals surface area contributed by atoms with Gasteiger partial charge < -0.3 is 20.5 Å². The van der Waals surface area contributed by atoms with Gasteiger partial charge in [0.1, 0.15) is 11.5 Å². The van der Waals surface area contributed by atoms with Gasteiger partial charge >= 0.3 is 12.1 Å². The summed E-state index contributed by atoms with van der Waals surface area (Å²) < 4.78 is 10.4. The van der Waals surface area contributed by atoms with Crippen LogP contribution in [0.25, 0.3) is 11.1 Å². The first-order valence-electron chi connectivity index (χ1n) is 10.1. The van der Waals surface area contributed by atoms with Crippen molar-refractivity contribution in [3.63, 3.8) is 0 Å². The van der Waals surface area contributed by atoms with E-state index in [1.54, 1.807) is 6.92 Å². The molecule has 0 saturated carbocycles. The van der Waals surface area contributed by atoms with Gasteiger partial charge in [-0.1, -0.05) is 71.7 Å². The summed E-state index contributed by atoms with van der Waals surface area (Å²) in [5.41, 5.74) is 10.4. The second-order valence-electron chi connectivity index (χ2n) is 6.93. The zero-order chi connectivity index (χ0) is 22.5. The van der Waals surface area contributed by atoms with Crippen molar-refractivity contribution in [2.24, 2.45) is 0 Å². The maximum absolute atomic E-state index is 12.2. The minimum Gasteiger partial charge on any atom is -0.461 e. The summed E-state index contributed by atoms with van der Waals surface area (Å²) in [6.07, 6.45) is -0.560. The molecule has 1 heterocycles. The van der Waals surface area contributed by atoms with E-state index in [9.17, 15) is 9.59 Å². The minimum absolute atomic E-state index is 0.00783. The van der Waals surface area contributed by atoms with E-state index in [0.717, 1.165) is 22.5 Å². The maximum Gasteiger partial charge on any atom is 0.407 e. The smallest absolute Gasteiger partial charge is 0.407 e. The van der Waals surface area contributed by atoms with Crippen molar-refractivity contribution < 1.29 is 19.1 Å². The molecule has 0 saturated heterocycles. The van der Waals surface area contributed by atoms with Crippen LogP contribution in [0.1, 0.15) is 39.3 Å². The Morgan fingerprint density at radius 1 is 1.09 bits per heavy atom. The van der Waals surface area contributed by atoms with E-state index in [-0.39, 0.29) is 36.5 Å². The number of benzene rings is 2. The zero-order valence-electron chi connectivity index (χ0n) is 17.4. The average molecular weight is 448 g/mol. The van der Waals surface area contributed by atoms with Crippen molar-refractivity contribution >= 4 is 28.5 Å². The molecule has 1 aromatic heterocycles. The van der Waals surface area contributed by atoms with Crippen LogP contribution >= 0.6 is 11.3 Å². The lowest BCUT2D eigenvalue weighted by Gasteiger charge is -2.14. The quantitative estimate of drug-likeness (QED) is 0.456. The van der Waals surface area contributed by atoms with Crippen molar-refractivity contribution in [3.8, 4) is 23.0 Å². The van der Waals surface area contributed by atoms with Gasteiger partial charge in [-0.25, -0.2) is 14.6 Å². The number of rotatable bonds is 5. The second kappa shape index (κ2) is 9.54. The van der Waals surface area contributed by atoms with Crippen LogP contribution in [-0.4, -0.2) is 36.8 Å². The zero-order valence-corrected chi connectivity index (χ0v) is 18.2. The SMILES string of the molecule is CCOC(=O)c1nc(N)sc1C#CCNC(=O)OCC1c2ccccc2-c2ccccc21. The van der Waals surface area contributed by atoms with Crippen LogP contribution in [0.3, 0.4) is 0 Å². The number of nitrogens with zero attached hydrogens (tertiary/aromatic N) is 1. The van der Waals surface area contributed by atoms with Crippen molar-refractivity contribution in [2.75, 3.05) is 25.5 Å². The van der Waals surface area contributed by atoms with Gasteiger partial charge in [0, 0.05) is 5.92 Å². The van der Waals surface area contributed by atoms with Gasteiger partial charge in [-0.2, -0.15) is 0 Å². The molecule has 2 aromatic carbocycles. The number of anilines is 1. The van der Waals surface area contributed by atoms with Crippen LogP contribution in [0.5, 0.6) is 0 Å². The van der Waals surface area contributed by atoms with Crippen LogP contribution in [0.15, 0.2) is 48.5 Å². The summed E-state index contributed by atoms with van der Waals surface area (Å²) in [6.45, 7) is 2.21. The van der Waals surface area contributed by atoms with E-state index in [1.807, 2.05) is 24.3 Å². The number of hydrogen-bond donors (Lipinski definition) is 2. The van der Waals surface area contributed by atoms with E-state index in [2.05, 4.69) is 46.4 Å². The molecule has 32 heavy (non-hydrogen) atoms. The van der Waals surface area contributed by atoms with Gasteiger partial charge in [0.05, 0.1) is 13.2 Å². The van der Waals surface area contributed by atoms with Gasteiger partial charge in [-0.3, -0.25) is 0 Å². The van der Waals surface area contributed by atoms with Crippen molar-refractivity contribution in [1.29, 1.82) is 0 Å². The summed E-state index contributed by atoms with van der Waals surface area (Å²) in [4.78, 5) is 28.5. The maximum atomic E-state index is 12.2. The van der Waals surface area contributed by atoms with Crippen molar-refractivity contribution in [2.45, 2.75) is 12.8 Å². The Hall–Kier alpha value is -3.83. The first kappa shape index (κ1) is 21.4. The Kier molecular flexibility index (Phi) is 6.38. The third-order valence-electron chi connectivity index (χ3n) is 4.98. The summed E-state index contributed by atoms with van der Waals surface area (Å²) in [7, 11) is 0. The fraction of sp³-hybridized carbons (Fsp3) is 0.208. The number of carbonyl (C=O) groups excluding carboxylic acids is 2. The van der Waals surface area contributed by atoms with E-state index in [4.69, 9.17) is 15.2 Å². The molecule has 8 heteroatoms. The molecule has 0 radical (unpaired) electrons. The van der Waals surface area contributed by atoms with Crippen LogP contribution in [0.4, 0.5) is 9.93 Å². The van der Waals surface area contributed by atoms with Gasteiger partial charge in [-0.15, -0.1) is 0 Å². The normalized spacial score (nSPS) is 11.7. The number of esters is 1. The molecule has 7 nitrogen and oxygen atoms in total. The predicted octanol–water partition coefficient (Wildman–Crippen LogP) is 3.79. The Bertz CT molecular complexity index is 1180. The summed E-state index contributed by atoms with van der Waals surface area (Å²) in [5.74, 6) is 5.01. The fourth-order valence-electron chi connectivity index (χ4n) is 3.65. The average Bonchev–Trinajstić information content (AvgIpc) is 3.33. The Morgan fingerprint density at radius 3 is 2.41 bits per heavy atom. The predicted molar refractivity (Wildman–Crippen MR) is 122 cm³/mol. The number of nitrogen functional groups attached to an aromatic ring is 1. The summed E-state index contributed by atoms with van der Waals surface area (Å²) in [5, 5.41) is 2.83. The molecule has 0 bridgehead atoms. The number of fused-ring (bicyclic) bond motifs is 3. The fourth-order valence-corrected chi connectivity index (χ4v) is 4.34. The summed E-state index contributed by atoms with van der Waals surface area (Å²) in [6, 6.07) is 16.3. The highest BCUT2D eigenvalue weighted by Gasteiger charge is 2.28. The Morgan fingerprint density at radius 2 is 1.75 bits per heavy atom. The number of amides is 1. The number of nitrogens with one attached hydrogen (secondary N) is 1. The molecule has 0 atom stereocenters. The van der Waals surface area contributed by atoms with E-state index >= 15 is 0 Å². The molecular formula is C24H21N3O4S. The van der Waals surface area contributed by atoms with E-state index < -0.39 is 12.1 Å².